The number of allylic oxidation sites excluding steroid dienone is 2. The summed E-state index contributed by atoms with van der Waals surface area (Å²) in [6, 6.07) is 0. The van der Waals surface area contributed by atoms with Crippen molar-refractivity contribution < 1.29 is 9.26 Å². The van der Waals surface area contributed by atoms with Gasteiger partial charge in [0, 0.05) is 22.7 Å². The van der Waals surface area contributed by atoms with Crippen LogP contribution in [0.4, 0.5) is 0 Å². The van der Waals surface area contributed by atoms with Crippen LogP contribution >= 0.6 is 9.47 Å². The molecule has 19 heavy (non-hydrogen) atoms. The standard InChI is InChI=1S/C16H33O2P/c1-3-4-7-11-16(2)12-10-14-17-13-8-5-6-9-15-18-19/h7,11,16H,3-6,8-10,12-15,19H2,1-2H3. The Morgan fingerprint density at radius 2 is 1.68 bits per heavy atom. The van der Waals surface area contributed by atoms with Crippen LogP contribution in [0.3, 0.4) is 0 Å². The van der Waals surface area contributed by atoms with Crippen molar-refractivity contribution in [3.63, 3.8) is 0 Å². The molecule has 2 atom stereocenters. The Morgan fingerprint density at radius 1 is 1.00 bits per heavy atom. The number of unbranched alkanes of at least 4 members (excludes halogenated alkanes) is 4. The van der Waals surface area contributed by atoms with E-state index in [0.29, 0.717) is 5.92 Å². The second kappa shape index (κ2) is 16.1. The fourth-order valence-electron chi connectivity index (χ4n) is 1.94. The van der Waals surface area contributed by atoms with E-state index < -0.39 is 0 Å². The number of hydrogen-bond donors (Lipinski definition) is 0. The quantitative estimate of drug-likeness (QED) is 0.250. The van der Waals surface area contributed by atoms with Crippen LogP contribution in [-0.4, -0.2) is 19.8 Å². The summed E-state index contributed by atoms with van der Waals surface area (Å²) in [7, 11) is 2.30. The SMILES string of the molecule is CCCC=CC(C)CCCOCCCCCCOP. The van der Waals surface area contributed by atoms with Crippen molar-refractivity contribution in [2.75, 3.05) is 19.8 Å². The molecule has 0 fully saturated rings. The summed E-state index contributed by atoms with van der Waals surface area (Å²) in [6.45, 7) is 7.20. The zero-order valence-corrected chi connectivity index (χ0v) is 14.1. The molecule has 2 nitrogen and oxygen atoms in total. The molecule has 0 radical (unpaired) electrons. The number of ether oxygens (including phenoxy) is 1. The molecular weight excluding hydrogens is 255 g/mol. The van der Waals surface area contributed by atoms with Gasteiger partial charge in [0.1, 0.15) is 0 Å². The largest absolute Gasteiger partial charge is 0.381 e. The van der Waals surface area contributed by atoms with Gasteiger partial charge in [-0.3, -0.25) is 0 Å². The molecule has 3 heteroatoms. The molecule has 0 aromatic heterocycles. The van der Waals surface area contributed by atoms with Gasteiger partial charge in [-0.15, -0.1) is 0 Å². The lowest BCUT2D eigenvalue weighted by atomic mass is 10.0. The minimum atomic E-state index is 0.696. The van der Waals surface area contributed by atoms with Gasteiger partial charge in [-0.2, -0.15) is 0 Å². The molecule has 0 heterocycles. The predicted octanol–water partition coefficient (Wildman–Crippen LogP) is 5.14. The smallest absolute Gasteiger partial charge is 0.0501 e. The van der Waals surface area contributed by atoms with Gasteiger partial charge in [0.05, 0.1) is 6.61 Å². The maximum absolute atomic E-state index is 5.66. The molecule has 114 valence electrons. The van der Waals surface area contributed by atoms with E-state index in [1.165, 1.54) is 44.9 Å². The van der Waals surface area contributed by atoms with Crippen molar-refractivity contribution in [2.45, 2.75) is 65.2 Å². The molecular formula is C16H33O2P. The van der Waals surface area contributed by atoms with Gasteiger partial charge >= 0.3 is 0 Å². The van der Waals surface area contributed by atoms with Crippen molar-refractivity contribution in [3.05, 3.63) is 12.2 Å². The third-order valence-electron chi connectivity index (χ3n) is 3.17. The first-order valence-corrected chi connectivity index (χ1v) is 8.34. The summed E-state index contributed by atoms with van der Waals surface area (Å²) in [4.78, 5) is 0. The normalized spacial score (nSPS) is 13.2. The lowest BCUT2D eigenvalue weighted by Crippen LogP contribution is -1.99. The second-order valence-corrected chi connectivity index (χ2v) is 5.57. The minimum absolute atomic E-state index is 0.696. The lowest BCUT2D eigenvalue weighted by molar-refractivity contribution is 0.124. The Hall–Kier alpha value is 0.0900. The first-order valence-electron chi connectivity index (χ1n) is 7.87. The Balaban J connectivity index is 3.13. The Bertz CT molecular complexity index is 195. The fourth-order valence-corrected chi connectivity index (χ4v) is 2.11. The average molecular weight is 288 g/mol. The summed E-state index contributed by atoms with van der Waals surface area (Å²) in [5, 5.41) is 0. The molecule has 0 aliphatic rings. The zero-order valence-electron chi connectivity index (χ0n) is 12.9. The maximum Gasteiger partial charge on any atom is 0.0501 e. The van der Waals surface area contributed by atoms with Crippen LogP contribution in [-0.2, 0) is 9.26 Å². The molecule has 0 rings (SSSR count). The molecule has 0 bridgehead atoms. The van der Waals surface area contributed by atoms with Gasteiger partial charge in [-0.1, -0.05) is 45.3 Å². The summed E-state index contributed by atoms with van der Waals surface area (Å²) < 4.78 is 10.6. The van der Waals surface area contributed by atoms with Gasteiger partial charge in [-0.05, 0) is 38.0 Å². The second-order valence-electron chi connectivity index (χ2n) is 5.23. The van der Waals surface area contributed by atoms with Gasteiger partial charge in [0.15, 0.2) is 0 Å². The zero-order chi connectivity index (χ0) is 14.2. The topological polar surface area (TPSA) is 18.5 Å². The molecule has 0 aromatic rings. The summed E-state index contributed by atoms with van der Waals surface area (Å²) in [6.07, 6.45) is 14.4. The first-order chi connectivity index (χ1) is 9.31. The van der Waals surface area contributed by atoms with Gasteiger partial charge in [0.25, 0.3) is 0 Å². The predicted molar refractivity (Wildman–Crippen MR) is 87.4 cm³/mol. The molecule has 2 unspecified atom stereocenters. The highest BCUT2D eigenvalue weighted by Crippen LogP contribution is 2.08. The number of rotatable bonds is 14. The minimum Gasteiger partial charge on any atom is -0.381 e. The first kappa shape index (κ1) is 19.1. The van der Waals surface area contributed by atoms with Crippen LogP contribution in [0.1, 0.15) is 65.2 Å². The van der Waals surface area contributed by atoms with E-state index >= 15 is 0 Å². The van der Waals surface area contributed by atoms with Crippen LogP contribution in [0.15, 0.2) is 12.2 Å². The van der Waals surface area contributed by atoms with E-state index in [9.17, 15) is 0 Å². The van der Waals surface area contributed by atoms with Crippen molar-refractivity contribution in [2.24, 2.45) is 5.92 Å². The van der Waals surface area contributed by atoms with Crippen molar-refractivity contribution in [1.29, 1.82) is 0 Å². The molecule has 0 amide bonds. The van der Waals surface area contributed by atoms with Crippen LogP contribution in [0.25, 0.3) is 0 Å². The third-order valence-corrected chi connectivity index (χ3v) is 3.40. The van der Waals surface area contributed by atoms with Gasteiger partial charge in [0.2, 0.25) is 0 Å². The summed E-state index contributed by atoms with van der Waals surface area (Å²) in [5.74, 6) is 0.696. The van der Waals surface area contributed by atoms with Crippen molar-refractivity contribution in [3.8, 4) is 0 Å². The van der Waals surface area contributed by atoms with E-state index in [1.54, 1.807) is 0 Å². The summed E-state index contributed by atoms with van der Waals surface area (Å²) in [5.41, 5.74) is 0. The third kappa shape index (κ3) is 16.0. The lowest BCUT2D eigenvalue weighted by Gasteiger charge is -2.07. The molecule has 0 N–H and O–H groups in total. The highest BCUT2D eigenvalue weighted by Gasteiger charge is 1.97. The molecule has 0 aliphatic heterocycles. The van der Waals surface area contributed by atoms with E-state index in [4.69, 9.17) is 9.26 Å². The van der Waals surface area contributed by atoms with E-state index in [2.05, 4.69) is 35.5 Å². The van der Waals surface area contributed by atoms with E-state index in [0.717, 1.165) is 26.2 Å². The maximum atomic E-state index is 5.66. The van der Waals surface area contributed by atoms with Crippen LogP contribution < -0.4 is 0 Å². The molecule has 0 saturated heterocycles. The van der Waals surface area contributed by atoms with Crippen LogP contribution in [0.5, 0.6) is 0 Å². The molecule has 0 aromatic carbocycles. The van der Waals surface area contributed by atoms with Crippen molar-refractivity contribution in [1.82, 2.24) is 0 Å². The number of hydrogen-bond acceptors (Lipinski definition) is 2. The van der Waals surface area contributed by atoms with E-state index in [-0.39, 0.29) is 0 Å². The highest BCUT2D eigenvalue weighted by molar-refractivity contribution is 7.09. The van der Waals surface area contributed by atoms with E-state index in [1.807, 2.05) is 0 Å². The average Bonchev–Trinajstić information content (AvgIpc) is 2.41. The highest BCUT2D eigenvalue weighted by atomic mass is 31.0. The van der Waals surface area contributed by atoms with Crippen molar-refractivity contribution >= 4 is 9.47 Å². The Labute approximate surface area is 122 Å². The van der Waals surface area contributed by atoms with Gasteiger partial charge < -0.3 is 9.26 Å². The monoisotopic (exact) mass is 288 g/mol. The van der Waals surface area contributed by atoms with Crippen LogP contribution in [0.2, 0.25) is 0 Å². The summed E-state index contributed by atoms with van der Waals surface area (Å²) >= 11 is 0. The molecule has 0 aliphatic carbocycles. The Kier molecular flexibility index (Phi) is 16.2. The fraction of sp³-hybridized carbons (Fsp3) is 0.875. The molecule has 0 saturated carbocycles. The van der Waals surface area contributed by atoms with Crippen LogP contribution in [0, 0.1) is 5.92 Å². The molecule has 0 spiro atoms. The Morgan fingerprint density at radius 3 is 2.37 bits per heavy atom. The van der Waals surface area contributed by atoms with Gasteiger partial charge in [-0.25, -0.2) is 0 Å².